The molecule has 0 saturated heterocycles. The predicted octanol–water partition coefficient (Wildman–Crippen LogP) is 5.60. The number of fused-ring (bicyclic) bond motifs is 7. The Kier molecular flexibility index (Phi) is 3.18. The van der Waals surface area contributed by atoms with E-state index in [1.165, 1.54) is 56.4 Å². The molecule has 0 spiro atoms. The first-order chi connectivity index (χ1) is 11.3. The smallest absolute Gasteiger partial charge is 0.127 e. The van der Waals surface area contributed by atoms with Crippen LogP contribution in [0.25, 0.3) is 0 Å². The molecule has 0 heterocycles. The van der Waals surface area contributed by atoms with Crippen molar-refractivity contribution in [3.63, 3.8) is 0 Å². The molecule has 2 saturated carbocycles. The minimum absolute atomic E-state index is 0.722. The number of hydrogen-bond acceptors (Lipinski definition) is 2. The van der Waals surface area contributed by atoms with Crippen LogP contribution in [0.15, 0.2) is 0 Å². The average molecular weight is 312 g/mol. The standard InChI is InChI=1S/C21H28O2/c1-3-22-20-16-12-5-7-13(8-6-12)17(16)21(23-4-2)19-15-10-9-14(11-15)18(19)20/h12-15H,3-11H2,1-2H3. The zero-order chi connectivity index (χ0) is 15.6. The number of benzene rings is 1. The molecule has 5 aliphatic carbocycles. The minimum atomic E-state index is 0.722. The Morgan fingerprint density at radius 2 is 0.957 bits per heavy atom. The van der Waals surface area contributed by atoms with E-state index in [1.807, 2.05) is 0 Å². The van der Waals surface area contributed by atoms with Crippen LogP contribution >= 0.6 is 0 Å². The molecule has 23 heavy (non-hydrogen) atoms. The Hall–Kier alpha value is -1.18. The van der Waals surface area contributed by atoms with Gasteiger partial charge in [0, 0.05) is 22.3 Å². The minimum Gasteiger partial charge on any atom is -0.493 e. The molecule has 2 fully saturated rings. The van der Waals surface area contributed by atoms with E-state index in [2.05, 4.69) is 13.8 Å². The summed E-state index contributed by atoms with van der Waals surface area (Å²) in [4.78, 5) is 0. The first-order valence-corrected chi connectivity index (χ1v) is 9.82. The summed E-state index contributed by atoms with van der Waals surface area (Å²) in [7, 11) is 0. The van der Waals surface area contributed by atoms with E-state index in [9.17, 15) is 0 Å². The van der Waals surface area contributed by atoms with Crippen LogP contribution in [0, 0.1) is 0 Å². The highest BCUT2D eigenvalue weighted by Gasteiger charge is 2.47. The van der Waals surface area contributed by atoms with Gasteiger partial charge >= 0.3 is 0 Å². The van der Waals surface area contributed by atoms with E-state index < -0.39 is 0 Å². The van der Waals surface area contributed by atoms with Crippen LogP contribution < -0.4 is 9.47 Å². The summed E-state index contributed by atoms with van der Waals surface area (Å²) in [5.74, 6) is 5.54. The Balaban J connectivity index is 1.81. The van der Waals surface area contributed by atoms with Crippen LogP contribution in [0.2, 0.25) is 0 Å². The maximum absolute atomic E-state index is 6.33. The van der Waals surface area contributed by atoms with Crippen molar-refractivity contribution in [3.05, 3.63) is 22.3 Å². The second kappa shape index (κ2) is 5.16. The van der Waals surface area contributed by atoms with Gasteiger partial charge in [-0.05, 0) is 82.5 Å². The van der Waals surface area contributed by atoms with Crippen LogP contribution in [0.1, 0.15) is 105 Å². The first kappa shape index (κ1) is 14.2. The molecule has 2 unspecified atom stereocenters. The number of ether oxygens (including phenoxy) is 2. The Morgan fingerprint density at radius 3 is 1.35 bits per heavy atom. The fourth-order valence-corrected chi connectivity index (χ4v) is 6.18. The van der Waals surface area contributed by atoms with E-state index in [1.54, 1.807) is 22.3 Å². The highest BCUT2D eigenvalue weighted by Crippen LogP contribution is 2.65. The van der Waals surface area contributed by atoms with Crippen molar-refractivity contribution in [2.45, 2.75) is 82.5 Å². The van der Waals surface area contributed by atoms with Gasteiger partial charge in [0.05, 0.1) is 13.2 Å². The van der Waals surface area contributed by atoms with Crippen LogP contribution in [-0.4, -0.2) is 13.2 Å². The largest absolute Gasteiger partial charge is 0.493 e. The third-order valence-corrected chi connectivity index (χ3v) is 6.93. The molecule has 0 aromatic heterocycles. The molecule has 6 rings (SSSR count). The lowest BCUT2D eigenvalue weighted by atomic mass is 9.64. The predicted molar refractivity (Wildman–Crippen MR) is 92.1 cm³/mol. The Bertz CT molecular complexity index is 585. The second-order valence-electron chi connectivity index (χ2n) is 7.93. The van der Waals surface area contributed by atoms with Gasteiger partial charge < -0.3 is 9.47 Å². The van der Waals surface area contributed by atoms with Gasteiger partial charge in [-0.1, -0.05) is 0 Å². The Labute approximate surface area is 139 Å². The normalized spacial score (nSPS) is 32.8. The van der Waals surface area contributed by atoms with Crippen molar-refractivity contribution in [2.75, 3.05) is 13.2 Å². The van der Waals surface area contributed by atoms with Crippen molar-refractivity contribution < 1.29 is 9.47 Å². The van der Waals surface area contributed by atoms with Gasteiger partial charge in [0.25, 0.3) is 0 Å². The summed E-state index contributed by atoms with van der Waals surface area (Å²) < 4.78 is 12.7. The fraction of sp³-hybridized carbons (Fsp3) is 0.714. The molecule has 1 aromatic carbocycles. The summed E-state index contributed by atoms with van der Waals surface area (Å²) in [5, 5.41) is 0. The lowest BCUT2D eigenvalue weighted by Crippen LogP contribution is -2.25. The maximum Gasteiger partial charge on any atom is 0.127 e. The molecule has 124 valence electrons. The van der Waals surface area contributed by atoms with Gasteiger partial charge in [-0.15, -0.1) is 0 Å². The van der Waals surface area contributed by atoms with Crippen LogP contribution in [0.5, 0.6) is 11.5 Å². The van der Waals surface area contributed by atoms with Crippen LogP contribution in [-0.2, 0) is 0 Å². The monoisotopic (exact) mass is 312 g/mol. The molecule has 2 nitrogen and oxygen atoms in total. The third kappa shape index (κ3) is 1.81. The second-order valence-corrected chi connectivity index (χ2v) is 7.93. The summed E-state index contributed by atoms with van der Waals surface area (Å²) in [5.41, 5.74) is 6.28. The molecule has 2 heteroatoms. The molecule has 0 N–H and O–H groups in total. The molecule has 2 atom stereocenters. The highest BCUT2D eigenvalue weighted by molar-refractivity contribution is 5.67. The summed E-state index contributed by atoms with van der Waals surface area (Å²) in [6.07, 6.45) is 9.48. The average Bonchev–Trinajstić information content (AvgIpc) is 3.20. The summed E-state index contributed by atoms with van der Waals surface area (Å²) in [6, 6.07) is 0. The van der Waals surface area contributed by atoms with Gasteiger partial charge in [0.2, 0.25) is 0 Å². The topological polar surface area (TPSA) is 18.5 Å². The Morgan fingerprint density at radius 1 is 0.609 bits per heavy atom. The van der Waals surface area contributed by atoms with Crippen LogP contribution in [0.4, 0.5) is 0 Å². The molecule has 5 aliphatic rings. The van der Waals surface area contributed by atoms with Crippen LogP contribution in [0.3, 0.4) is 0 Å². The lowest BCUT2D eigenvalue weighted by molar-refractivity contribution is 0.281. The SMILES string of the molecule is CCOc1c2c(c(OCC)c3c1C1CCC3C1)C1CCC2CC1. The molecule has 4 bridgehead atoms. The number of hydrogen-bond donors (Lipinski definition) is 0. The molecular weight excluding hydrogens is 284 g/mol. The molecular formula is C21H28O2. The van der Waals surface area contributed by atoms with Crippen molar-refractivity contribution in [1.29, 1.82) is 0 Å². The quantitative estimate of drug-likeness (QED) is 0.720. The molecule has 1 aromatic rings. The van der Waals surface area contributed by atoms with E-state index in [0.29, 0.717) is 0 Å². The van der Waals surface area contributed by atoms with Crippen molar-refractivity contribution in [3.8, 4) is 11.5 Å². The van der Waals surface area contributed by atoms with Gasteiger partial charge in [-0.2, -0.15) is 0 Å². The van der Waals surface area contributed by atoms with Crippen molar-refractivity contribution in [2.24, 2.45) is 0 Å². The molecule has 0 aliphatic heterocycles. The summed E-state index contributed by atoms with van der Waals surface area (Å²) in [6.45, 7) is 5.87. The van der Waals surface area contributed by atoms with Gasteiger partial charge in [0.1, 0.15) is 11.5 Å². The van der Waals surface area contributed by atoms with Gasteiger partial charge in [0.15, 0.2) is 0 Å². The van der Waals surface area contributed by atoms with Crippen molar-refractivity contribution in [1.82, 2.24) is 0 Å². The molecule has 0 radical (unpaired) electrons. The van der Waals surface area contributed by atoms with E-state index >= 15 is 0 Å². The van der Waals surface area contributed by atoms with E-state index in [4.69, 9.17) is 9.47 Å². The van der Waals surface area contributed by atoms with Crippen molar-refractivity contribution >= 4 is 0 Å². The summed E-state index contributed by atoms with van der Waals surface area (Å²) >= 11 is 0. The highest BCUT2D eigenvalue weighted by atomic mass is 16.5. The lowest BCUT2D eigenvalue weighted by Gasteiger charge is -2.42. The van der Waals surface area contributed by atoms with Gasteiger partial charge in [-0.25, -0.2) is 0 Å². The third-order valence-electron chi connectivity index (χ3n) is 6.93. The fourth-order valence-electron chi connectivity index (χ4n) is 6.18. The van der Waals surface area contributed by atoms with E-state index in [0.717, 1.165) is 36.9 Å². The number of rotatable bonds is 4. The molecule has 0 amide bonds. The zero-order valence-corrected chi connectivity index (χ0v) is 14.5. The first-order valence-electron chi connectivity index (χ1n) is 9.82. The maximum atomic E-state index is 6.33. The van der Waals surface area contributed by atoms with E-state index in [-0.39, 0.29) is 0 Å². The zero-order valence-electron chi connectivity index (χ0n) is 14.5. The van der Waals surface area contributed by atoms with Gasteiger partial charge in [-0.3, -0.25) is 0 Å².